The van der Waals surface area contributed by atoms with E-state index in [-0.39, 0.29) is 10.6 Å². The minimum atomic E-state index is -4.06. The summed E-state index contributed by atoms with van der Waals surface area (Å²) in [6.07, 6.45) is 0. The maximum Gasteiger partial charge on any atom is 0.264 e. The number of sulfonamides is 1. The van der Waals surface area contributed by atoms with Crippen molar-refractivity contribution in [2.75, 3.05) is 16.2 Å². The van der Waals surface area contributed by atoms with Crippen molar-refractivity contribution in [3.63, 3.8) is 0 Å². The smallest absolute Gasteiger partial charge is 0.264 e. The molecule has 3 aromatic rings. The summed E-state index contributed by atoms with van der Waals surface area (Å²) in [7, 11) is -4.06. The number of amides is 1. The number of para-hydroxylation sites is 1. The maximum absolute atomic E-state index is 14.0. The van der Waals surface area contributed by atoms with Crippen LogP contribution in [0.2, 0.25) is 5.02 Å². The van der Waals surface area contributed by atoms with E-state index in [0.29, 0.717) is 15.2 Å². The lowest BCUT2D eigenvalue weighted by Gasteiger charge is -2.24. The zero-order valence-electron chi connectivity index (χ0n) is 14.8. The minimum Gasteiger partial charge on any atom is -0.322 e. The third kappa shape index (κ3) is 5.14. The second-order valence-corrected chi connectivity index (χ2v) is 9.19. The molecule has 0 heterocycles. The van der Waals surface area contributed by atoms with E-state index in [1.165, 1.54) is 36.4 Å². The van der Waals surface area contributed by atoms with Gasteiger partial charge in [-0.15, -0.1) is 0 Å². The zero-order chi connectivity index (χ0) is 21.0. The molecule has 1 N–H and O–H groups in total. The lowest BCUT2D eigenvalue weighted by atomic mass is 10.3. The van der Waals surface area contributed by atoms with Gasteiger partial charge in [-0.1, -0.05) is 45.7 Å². The standard InChI is InChI=1S/C20H15BrClFN2O3S/c21-14-6-11-19(18(23)12-14)24-20(26)13-25(16-4-2-1-3-5-16)29(27,28)17-9-7-15(22)8-10-17/h1-12H,13H2,(H,24,26). The molecule has 1 amide bonds. The molecule has 0 aliphatic heterocycles. The first-order valence-electron chi connectivity index (χ1n) is 8.35. The monoisotopic (exact) mass is 496 g/mol. The van der Waals surface area contributed by atoms with E-state index in [2.05, 4.69) is 21.2 Å². The molecule has 0 bridgehead atoms. The van der Waals surface area contributed by atoms with Crippen molar-refractivity contribution in [1.29, 1.82) is 0 Å². The molecule has 0 aliphatic rings. The molecule has 0 aliphatic carbocycles. The maximum atomic E-state index is 14.0. The average Bonchev–Trinajstić information content (AvgIpc) is 2.69. The van der Waals surface area contributed by atoms with Crippen LogP contribution in [-0.4, -0.2) is 20.9 Å². The van der Waals surface area contributed by atoms with Crippen LogP contribution < -0.4 is 9.62 Å². The summed E-state index contributed by atoms with van der Waals surface area (Å²) in [5, 5.41) is 2.80. The number of nitrogens with zero attached hydrogens (tertiary/aromatic N) is 1. The predicted octanol–water partition coefficient (Wildman–Crippen LogP) is 5.08. The van der Waals surface area contributed by atoms with E-state index in [4.69, 9.17) is 11.6 Å². The Morgan fingerprint density at radius 1 is 1.03 bits per heavy atom. The Hall–Kier alpha value is -2.42. The van der Waals surface area contributed by atoms with Crippen LogP contribution in [0.4, 0.5) is 15.8 Å². The van der Waals surface area contributed by atoms with Crippen LogP contribution in [0.3, 0.4) is 0 Å². The summed E-state index contributed by atoms with van der Waals surface area (Å²) < 4.78 is 41.8. The molecule has 0 saturated heterocycles. The summed E-state index contributed by atoms with van der Waals surface area (Å²) in [5.41, 5.74) is 0.254. The van der Waals surface area contributed by atoms with Gasteiger partial charge in [0, 0.05) is 9.50 Å². The molecule has 0 spiro atoms. The van der Waals surface area contributed by atoms with Crippen LogP contribution in [0.15, 0.2) is 82.2 Å². The highest BCUT2D eigenvalue weighted by Crippen LogP contribution is 2.25. The molecule has 0 radical (unpaired) electrons. The highest BCUT2D eigenvalue weighted by atomic mass is 79.9. The van der Waals surface area contributed by atoms with Gasteiger partial charge in [0.1, 0.15) is 12.4 Å². The first-order valence-corrected chi connectivity index (χ1v) is 11.0. The van der Waals surface area contributed by atoms with Gasteiger partial charge in [0.2, 0.25) is 5.91 Å². The van der Waals surface area contributed by atoms with Gasteiger partial charge in [-0.2, -0.15) is 0 Å². The van der Waals surface area contributed by atoms with Crippen molar-refractivity contribution in [2.45, 2.75) is 4.90 Å². The van der Waals surface area contributed by atoms with Crippen molar-refractivity contribution in [2.24, 2.45) is 0 Å². The summed E-state index contributed by atoms with van der Waals surface area (Å²) >= 11 is 8.99. The first kappa shape index (κ1) is 21.3. The van der Waals surface area contributed by atoms with Crippen molar-refractivity contribution in [3.8, 4) is 0 Å². The summed E-state index contributed by atoms with van der Waals surface area (Å²) in [4.78, 5) is 12.5. The van der Waals surface area contributed by atoms with Crippen LogP contribution in [0.1, 0.15) is 0 Å². The predicted molar refractivity (Wildman–Crippen MR) is 115 cm³/mol. The lowest BCUT2D eigenvalue weighted by Crippen LogP contribution is -2.38. The molecule has 3 rings (SSSR count). The van der Waals surface area contributed by atoms with Crippen molar-refractivity contribution in [3.05, 3.63) is 88.1 Å². The number of carbonyl (C=O) groups excluding carboxylic acids is 1. The van der Waals surface area contributed by atoms with Gasteiger partial charge in [-0.3, -0.25) is 9.10 Å². The number of nitrogens with one attached hydrogen (secondary N) is 1. The Balaban J connectivity index is 1.92. The highest BCUT2D eigenvalue weighted by Gasteiger charge is 2.27. The molecule has 3 aromatic carbocycles. The molecular weight excluding hydrogens is 483 g/mol. The summed E-state index contributed by atoms with van der Waals surface area (Å²) in [5.74, 6) is -1.33. The van der Waals surface area contributed by atoms with E-state index in [1.54, 1.807) is 36.4 Å². The fraction of sp³-hybridized carbons (Fsp3) is 0.0500. The quantitative estimate of drug-likeness (QED) is 0.517. The SMILES string of the molecule is O=C(CN(c1ccccc1)S(=O)(=O)c1ccc(Cl)cc1)Nc1ccc(Br)cc1F. The van der Waals surface area contributed by atoms with Gasteiger partial charge in [0.15, 0.2) is 0 Å². The number of hydrogen-bond acceptors (Lipinski definition) is 3. The van der Waals surface area contributed by atoms with Crippen LogP contribution >= 0.6 is 27.5 Å². The summed E-state index contributed by atoms with van der Waals surface area (Å²) in [6.45, 7) is -0.537. The number of anilines is 2. The first-order chi connectivity index (χ1) is 13.8. The Morgan fingerprint density at radius 2 is 1.69 bits per heavy atom. The third-order valence-corrected chi connectivity index (χ3v) is 6.47. The Morgan fingerprint density at radius 3 is 2.31 bits per heavy atom. The fourth-order valence-corrected chi connectivity index (χ4v) is 4.43. The summed E-state index contributed by atoms with van der Waals surface area (Å²) in [6, 6.07) is 18.0. The van der Waals surface area contributed by atoms with E-state index < -0.39 is 28.3 Å². The number of rotatable bonds is 6. The molecule has 0 atom stereocenters. The number of carbonyl (C=O) groups is 1. The van der Waals surface area contributed by atoms with E-state index in [0.717, 1.165) is 4.31 Å². The molecule has 150 valence electrons. The van der Waals surface area contributed by atoms with Crippen molar-refractivity contribution < 1.29 is 17.6 Å². The lowest BCUT2D eigenvalue weighted by molar-refractivity contribution is -0.114. The average molecular weight is 498 g/mol. The zero-order valence-corrected chi connectivity index (χ0v) is 18.0. The largest absolute Gasteiger partial charge is 0.322 e. The van der Waals surface area contributed by atoms with Crippen LogP contribution in [-0.2, 0) is 14.8 Å². The Bertz CT molecular complexity index is 1130. The molecule has 0 unspecified atom stereocenters. The second-order valence-electron chi connectivity index (χ2n) is 5.97. The fourth-order valence-electron chi connectivity index (χ4n) is 2.55. The van der Waals surface area contributed by atoms with Crippen LogP contribution in [0, 0.1) is 5.82 Å². The number of benzene rings is 3. The van der Waals surface area contributed by atoms with Gasteiger partial charge in [0.25, 0.3) is 10.0 Å². The molecular formula is C20H15BrClFN2O3S. The van der Waals surface area contributed by atoms with Gasteiger partial charge in [-0.25, -0.2) is 12.8 Å². The molecule has 9 heteroatoms. The van der Waals surface area contributed by atoms with Gasteiger partial charge < -0.3 is 5.32 Å². The Labute approximate surface area is 181 Å². The topological polar surface area (TPSA) is 66.5 Å². The van der Waals surface area contributed by atoms with Gasteiger partial charge >= 0.3 is 0 Å². The van der Waals surface area contributed by atoms with E-state index >= 15 is 0 Å². The van der Waals surface area contributed by atoms with Crippen molar-refractivity contribution >= 4 is 54.8 Å². The third-order valence-electron chi connectivity index (χ3n) is 3.94. The normalized spacial score (nSPS) is 11.1. The Kier molecular flexibility index (Phi) is 6.56. The molecule has 29 heavy (non-hydrogen) atoms. The number of hydrogen-bond donors (Lipinski definition) is 1. The van der Waals surface area contributed by atoms with Gasteiger partial charge in [-0.05, 0) is 54.6 Å². The van der Waals surface area contributed by atoms with E-state index in [9.17, 15) is 17.6 Å². The molecule has 5 nitrogen and oxygen atoms in total. The molecule has 0 saturated carbocycles. The van der Waals surface area contributed by atoms with Crippen molar-refractivity contribution in [1.82, 2.24) is 0 Å². The molecule has 0 aromatic heterocycles. The van der Waals surface area contributed by atoms with E-state index in [1.807, 2.05) is 0 Å². The number of halogens is 3. The minimum absolute atomic E-state index is 0.0200. The molecule has 0 fully saturated rings. The highest BCUT2D eigenvalue weighted by molar-refractivity contribution is 9.10. The van der Waals surface area contributed by atoms with Gasteiger partial charge in [0.05, 0.1) is 16.3 Å². The second kappa shape index (κ2) is 8.94. The van der Waals surface area contributed by atoms with Crippen LogP contribution in [0.5, 0.6) is 0 Å². The van der Waals surface area contributed by atoms with Crippen LogP contribution in [0.25, 0.3) is 0 Å².